The van der Waals surface area contributed by atoms with Gasteiger partial charge in [0.05, 0.1) is 11.6 Å². The molecule has 1 amide bonds. The number of hydrogen-bond acceptors (Lipinski definition) is 3. The Bertz CT molecular complexity index is 935. The lowest BCUT2D eigenvalue weighted by atomic mass is 10.1. The minimum Gasteiger partial charge on any atom is -0.336 e. The summed E-state index contributed by atoms with van der Waals surface area (Å²) < 4.78 is 1.06. The number of carbonyl (C=O) groups excluding carboxylic acids is 1. The topological polar surface area (TPSA) is 47.3 Å². The molecule has 2 aliphatic rings. The molecule has 1 fully saturated rings. The normalized spacial score (nSPS) is 16.6. The smallest absolute Gasteiger partial charge is 0.250 e. The third kappa shape index (κ3) is 3.97. The molecule has 0 unspecified atom stereocenters. The van der Waals surface area contributed by atoms with Crippen molar-refractivity contribution in [3.05, 3.63) is 74.8 Å². The number of fused-ring (bicyclic) bond motifs is 1. The van der Waals surface area contributed by atoms with Crippen molar-refractivity contribution in [1.29, 1.82) is 5.26 Å². The fraction of sp³-hybridized carbons (Fsp3) is 0.273. The molecule has 4 rings (SSSR count). The van der Waals surface area contributed by atoms with Gasteiger partial charge in [0.25, 0.3) is 0 Å². The molecule has 2 aromatic carbocycles. The Labute approximate surface area is 167 Å². The number of amides is 1. The number of piperazine rings is 1. The second kappa shape index (κ2) is 7.67. The first-order valence-corrected chi connectivity index (χ1v) is 9.91. The van der Waals surface area contributed by atoms with Gasteiger partial charge in [-0.2, -0.15) is 5.26 Å². The van der Waals surface area contributed by atoms with Crippen LogP contribution in [-0.2, 0) is 17.8 Å². The van der Waals surface area contributed by atoms with E-state index in [0.717, 1.165) is 54.8 Å². The number of benzene rings is 2. The summed E-state index contributed by atoms with van der Waals surface area (Å²) in [5.41, 5.74) is 5.15. The quantitative estimate of drug-likeness (QED) is 0.760. The number of carbonyl (C=O) groups is 1. The maximum Gasteiger partial charge on any atom is 0.250 e. The molecule has 0 spiro atoms. The minimum atomic E-state index is 0.167. The zero-order valence-electron chi connectivity index (χ0n) is 15.0. The van der Waals surface area contributed by atoms with E-state index in [0.29, 0.717) is 5.56 Å². The molecular formula is C22H20BrN3O. The van der Waals surface area contributed by atoms with Crippen LogP contribution < -0.4 is 0 Å². The van der Waals surface area contributed by atoms with Gasteiger partial charge in [-0.15, -0.1) is 0 Å². The number of nitriles is 1. The Morgan fingerprint density at radius 2 is 1.81 bits per heavy atom. The Balaban J connectivity index is 1.33. The SMILES string of the molecule is N#Cc1ccc(CN2CCN(C(=O)C3=Cc4ccc(Br)cc4C3)CC2)cc1. The molecule has 5 heteroatoms. The molecule has 1 aliphatic carbocycles. The van der Waals surface area contributed by atoms with Crippen molar-refractivity contribution in [2.24, 2.45) is 0 Å². The van der Waals surface area contributed by atoms with Gasteiger partial charge in [-0.05, 0) is 47.0 Å². The number of halogens is 1. The minimum absolute atomic E-state index is 0.167. The van der Waals surface area contributed by atoms with E-state index in [1.54, 1.807) is 0 Å². The average Bonchev–Trinajstić information content (AvgIpc) is 3.12. The van der Waals surface area contributed by atoms with Crippen molar-refractivity contribution in [3.63, 3.8) is 0 Å². The molecule has 1 heterocycles. The van der Waals surface area contributed by atoms with Gasteiger partial charge < -0.3 is 4.90 Å². The lowest BCUT2D eigenvalue weighted by Gasteiger charge is -2.35. The predicted molar refractivity (Wildman–Crippen MR) is 109 cm³/mol. The molecule has 1 aliphatic heterocycles. The summed E-state index contributed by atoms with van der Waals surface area (Å²) in [5.74, 6) is 0.167. The molecule has 1 saturated heterocycles. The van der Waals surface area contributed by atoms with Crippen molar-refractivity contribution in [2.75, 3.05) is 26.2 Å². The van der Waals surface area contributed by atoms with Crippen LogP contribution in [0, 0.1) is 11.3 Å². The van der Waals surface area contributed by atoms with E-state index in [2.05, 4.69) is 39.0 Å². The summed E-state index contributed by atoms with van der Waals surface area (Å²) in [6.45, 7) is 4.12. The van der Waals surface area contributed by atoms with Gasteiger partial charge in [-0.1, -0.05) is 34.1 Å². The average molecular weight is 422 g/mol. The molecule has 4 nitrogen and oxygen atoms in total. The van der Waals surface area contributed by atoms with Crippen LogP contribution in [0.1, 0.15) is 22.3 Å². The fourth-order valence-corrected chi connectivity index (χ4v) is 4.11. The first-order valence-electron chi connectivity index (χ1n) is 9.12. The zero-order valence-corrected chi connectivity index (χ0v) is 16.6. The second-order valence-electron chi connectivity index (χ2n) is 7.07. The van der Waals surface area contributed by atoms with Crippen molar-refractivity contribution in [1.82, 2.24) is 9.80 Å². The molecule has 0 radical (unpaired) electrons. The first-order chi connectivity index (χ1) is 13.1. The fourth-order valence-electron chi connectivity index (χ4n) is 3.70. The van der Waals surface area contributed by atoms with Crippen LogP contribution in [0.4, 0.5) is 0 Å². The molecule has 0 bridgehead atoms. The summed E-state index contributed by atoms with van der Waals surface area (Å²) in [4.78, 5) is 17.2. The van der Waals surface area contributed by atoms with Crippen LogP contribution >= 0.6 is 15.9 Å². The van der Waals surface area contributed by atoms with E-state index in [4.69, 9.17) is 5.26 Å². The summed E-state index contributed by atoms with van der Waals surface area (Å²) in [6.07, 6.45) is 2.76. The molecule has 0 saturated carbocycles. The van der Waals surface area contributed by atoms with E-state index in [1.165, 1.54) is 11.1 Å². The molecular weight excluding hydrogens is 402 g/mol. The van der Waals surface area contributed by atoms with E-state index in [1.807, 2.05) is 41.3 Å². The van der Waals surface area contributed by atoms with Crippen LogP contribution in [0.25, 0.3) is 6.08 Å². The highest BCUT2D eigenvalue weighted by molar-refractivity contribution is 9.10. The van der Waals surface area contributed by atoms with Crippen molar-refractivity contribution in [2.45, 2.75) is 13.0 Å². The molecule has 0 N–H and O–H groups in total. The summed E-state index contributed by atoms with van der Waals surface area (Å²) >= 11 is 3.50. The van der Waals surface area contributed by atoms with Gasteiger partial charge >= 0.3 is 0 Å². The Morgan fingerprint density at radius 1 is 1.07 bits per heavy atom. The Morgan fingerprint density at radius 3 is 2.52 bits per heavy atom. The van der Waals surface area contributed by atoms with Gasteiger partial charge in [0, 0.05) is 49.2 Å². The highest BCUT2D eigenvalue weighted by Crippen LogP contribution is 2.29. The monoisotopic (exact) mass is 421 g/mol. The maximum absolute atomic E-state index is 12.9. The van der Waals surface area contributed by atoms with Crippen molar-refractivity contribution >= 4 is 27.9 Å². The highest BCUT2D eigenvalue weighted by atomic mass is 79.9. The third-order valence-corrected chi connectivity index (χ3v) is 5.73. The number of rotatable bonds is 3. The van der Waals surface area contributed by atoms with E-state index in [9.17, 15) is 4.79 Å². The van der Waals surface area contributed by atoms with E-state index >= 15 is 0 Å². The van der Waals surface area contributed by atoms with Crippen molar-refractivity contribution < 1.29 is 4.79 Å². The first kappa shape index (κ1) is 18.0. The van der Waals surface area contributed by atoms with Crippen LogP contribution in [0.2, 0.25) is 0 Å². The zero-order chi connectivity index (χ0) is 18.8. The molecule has 2 aromatic rings. The largest absolute Gasteiger partial charge is 0.336 e. The third-order valence-electron chi connectivity index (χ3n) is 5.24. The van der Waals surface area contributed by atoms with E-state index in [-0.39, 0.29) is 5.91 Å². The lowest BCUT2D eigenvalue weighted by molar-refractivity contribution is -0.128. The van der Waals surface area contributed by atoms with Gasteiger partial charge in [0.2, 0.25) is 5.91 Å². The predicted octanol–water partition coefficient (Wildman–Crippen LogP) is 3.60. The van der Waals surface area contributed by atoms with Gasteiger partial charge in [0.15, 0.2) is 0 Å². The van der Waals surface area contributed by atoms with Gasteiger partial charge in [0.1, 0.15) is 0 Å². The molecule has 0 atom stereocenters. The van der Waals surface area contributed by atoms with E-state index < -0.39 is 0 Å². The standard InChI is InChI=1S/C22H20BrN3O/c23-21-6-5-18-11-20(12-19(18)13-21)22(27)26-9-7-25(8-10-26)15-17-3-1-16(14-24)2-4-17/h1-6,11,13H,7-10,12,15H2. The Hall–Kier alpha value is -2.42. The van der Waals surface area contributed by atoms with Crippen LogP contribution in [0.15, 0.2) is 52.5 Å². The Kier molecular flexibility index (Phi) is 5.11. The molecule has 136 valence electrons. The molecule has 0 aromatic heterocycles. The highest BCUT2D eigenvalue weighted by Gasteiger charge is 2.26. The summed E-state index contributed by atoms with van der Waals surface area (Å²) in [7, 11) is 0. The van der Waals surface area contributed by atoms with Crippen molar-refractivity contribution in [3.8, 4) is 6.07 Å². The van der Waals surface area contributed by atoms with Crippen LogP contribution in [-0.4, -0.2) is 41.9 Å². The van der Waals surface area contributed by atoms with Gasteiger partial charge in [-0.25, -0.2) is 0 Å². The van der Waals surface area contributed by atoms with Crippen LogP contribution in [0.3, 0.4) is 0 Å². The summed E-state index contributed by atoms with van der Waals surface area (Å²) in [6, 6.07) is 16.1. The number of hydrogen-bond donors (Lipinski definition) is 0. The van der Waals surface area contributed by atoms with Crippen LogP contribution in [0.5, 0.6) is 0 Å². The number of nitrogens with zero attached hydrogens (tertiary/aromatic N) is 3. The maximum atomic E-state index is 12.9. The second-order valence-corrected chi connectivity index (χ2v) is 7.98. The van der Waals surface area contributed by atoms with Gasteiger partial charge in [-0.3, -0.25) is 9.69 Å². The molecule has 27 heavy (non-hydrogen) atoms. The lowest BCUT2D eigenvalue weighted by Crippen LogP contribution is -2.48. The summed E-state index contributed by atoms with van der Waals surface area (Å²) in [5, 5.41) is 8.89.